The van der Waals surface area contributed by atoms with Crippen LogP contribution in [0.5, 0.6) is 0 Å². The lowest BCUT2D eigenvalue weighted by Gasteiger charge is -2.28. The van der Waals surface area contributed by atoms with E-state index < -0.39 is 0 Å². The summed E-state index contributed by atoms with van der Waals surface area (Å²) < 4.78 is 5.50. The Hall–Kier alpha value is -0.440. The Morgan fingerprint density at radius 3 is 2.56 bits per heavy atom. The van der Waals surface area contributed by atoms with Crippen molar-refractivity contribution in [2.24, 2.45) is 0 Å². The predicted molar refractivity (Wildman–Crippen MR) is 68.5 cm³/mol. The first-order chi connectivity index (χ1) is 7.63. The number of halogens is 2. The summed E-state index contributed by atoms with van der Waals surface area (Å²) in [5, 5.41) is 4.77. The Balaban J connectivity index is 2.02. The highest BCUT2D eigenvalue weighted by Gasteiger charge is 2.19. The summed E-state index contributed by atoms with van der Waals surface area (Å²) in [5.41, 5.74) is 0.983. The molecule has 88 valence electrons. The lowest BCUT2D eigenvalue weighted by Crippen LogP contribution is -2.32. The van der Waals surface area contributed by atoms with E-state index >= 15 is 0 Å². The fourth-order valence-electron chi connectivity index (χ4n) is 2.00. The molecule has 1 N–H and O–H groups in total. The highest BCUT2D eigenvalue weighted by Crippen LogP contribution is 2.25. The highest BCUT2D eigenvalue weighted by molar-refractivity contribution is 6.35. The molecule has 0 aliphatic carbocycles. The molecule has 1 aromatic rings. The van der Waals surface area contributed by atoms with Crippen molar-refractivity contribution in [2.45, 2.75) is 31.9 Å². The van der Waals surface area contributed by atoms with Gasteiger partial charge in [-0.15, -0.1) is 0 Å². The van der Waals surface area contributed by atoms with Crippen molar-refractivity contribution in [3.05, 3.63) is 28.2 Å². The van der Waals surface area contributed by atoms with Gasteiger partial charge in [0.15, 0.2) is 0 Å². The van der Waals surface area contributed by atoms with Gasteiger partial charge in [0, 0.05) is 28.4 Å². The van der Waals surface area contributed by atoms with Gasteiger partial charge in [-0.3, -0.25) is 0 Å². The first-order valence-electron chi connectivity index (χ1n) is 5.48. The van der Waals surface area contributed by atoms with Crippen LogP contribution in [-0.2, 0) is 4.74 Å². The molecule has 16 heavy (non-hydrogen) atoms. The smallest absolute Gasteiger partial charge is 0.0566 e. The van der Waals surface area contributed by atoms with Gasteiger partial charge < -0.3 is 10.1 Å². The van der Waals surface area contributed by atoms with Gasteiger partial charge in [0.25, 0.3) is 0 Å². The minimum absolute atomic E-state index is 0.320. The average Bonchev–Trinajstić information content (AvgIpc) is 2.15. The van der Waals surface area contributed by atoms with Crippen LogP contribution < -0.4 is 5.32 Å². The van der Waals surface area contributed by atoms with Gasteiger partial charge in [-0.05, 0) is 38.0 Å². The van der Waals surface area contributed by atoms with Crippen molar-refractivity contribution in [3.8, 4) is 0 Å². The summed E-state index contributed by atoms with van der Waals surface area (Å²) in [6.07, 6.45) is 2.36. The van der Waals surface area contributed by atoms with Crippen LogP contribution in [-0.4, -0.2) is 18.8 Å². The average molecular weight is 260 g/mol. The third-order valence-electron chi connectivity index (χ3n) is 2.72. The summed E-state index contributed by atoms with van der Waals surface area (Å²) in [6, 6.07) is 5.97. The summed E-state index contributed by atoms with van der Waals surface area (Å²) in [5.74, 6) is 0. The minimum atomic E-state index is 0.320. The molecule has 1 aliphatic heterocycles. The van der Waals surface area contributed by atoms with Crippen LogP contribution in [0, 0.1) is 0 Å². The van der Waals surface area contributed by atoms with Gasteiger partial charge in [-0.25, -0.2) is 0 Å². The van der Waals surface area contributed by atoms with E-state index in [1.807, 2.05) is 12.1 Å². The first kappa shape index (κ1) is 12.0. The van der Waals surface area contributed by atoms with E-state index in [-0.39, 0.29) is 0 Å². The fraction of sp³-hybridized carbons (Fsp3) is 0.500. The third-order valence-corrected chi connectivity index (χ3v) is 3.15. The van der Waals surface area contributed by atoms with Gasteiger partial charge in [0.2, 0.25) is 0 Å². The van der Waals surface area contributed by atoms with Crippen LogP contribution >= 0.6 is 23.2 Å². The van der Waals surface area contributed by atoms with E-state index in [9.17, 15) is 0 Å². The van der Waals surface area contributed by atoms with Crippen molar-refractivity contribution in [1.82, 2.24) is 0 Å². The molecule has 1 aliphatic rings. The predicted octanol–water partition coefficient (Wildman–Crippen LogP) is 3.97. The number of nitrogens with one attached hydrogen (secondary N) is 1. The normalized spacial score (nSPS) is 25.4. The molecule has 0 bridgehead atoms. The summed E-state index contributed by atoms with van der Waals surface area (Å²) in [7, 11) is 0. The van der Waals surface area contributed by atoms with Crippen LogP contribution in [0.2, 0.25) is 10.0 Å². The summed E-state index contributed by atoms with van der Waals surface area (Å²) in [6.45, 7) is 2.91. The maximum Gasteiger partial charge on any atom is 0.0566 e. The second kappa shape index (κ2) is 5.26. The Morgan fingerprint density at radius 2 is 1.94 bits per heavy atom. The van der Waals surface area contributed by atoms with Crippen LogP contribution in [0.15, 0.2) is 18.2 Å². The number of ether oxygens (including phenoxy) is 1. The van der Waals surface area contributed by atoms with E-state index in [1.54, 1.807) is 6.07 Å². The van der Waals surface area contributed by atoms with Crippen LogP contribution in [0.1, 0.15) is 19.8 Å². The SMILES string of the molecule is CC1CC(Nc2cc(Cl)cc(Cl)c2)CCO1. The van der Waals surface area contributed by atoms with Gasteiger partial charge >= 0.3 is 0 Å². The second-order valence-corrected chi connectivity index (χ2v) is 5.08. The van der Waals surface area contributed by atoms with Gasteiger partial charge in [0.1, 0.15) is 0 Å². The number of hydrogen-bond donors (Lipinski definition) is 1. The third kappa shape index (κ3) is 3.27. The second-order valence-electron chi connectivity index (χ2n) is 4.21. The Morgan fingerprint density at radius 1 is 1.25 bits per heavy atom. The number of rotatable bonds is 2. The molecular formula is C12H15Cl2NO. The maximum absolute atomic E-state index is 5.95. The maximum atomic E-state index is 5.95. The molecule has 2 atom stereocenters. The van der Waals surface area contributed by atoms with E-state index in [0.29, 0.717) is 22.2 Å². The molecule has 0 aromatic heterocycles. The highest BCUT2D eigenvalue weighted by atomic mass is 35.5. The molecule has 0 radical (unpaired) electrons. The van der Waals surface area contributed by atoms with Crippen LogP contribution in [0.25, 0.3) is 0 Å². The Labute approximate surface area is 106 Å². The molecule has 1 heterocycles. The van der Waals surface area contributed by atoms with Crippen molar-refractivity contribution in [1.29, 1.82) is 0 Å². The lowest BCUT2D eigenvalue weighted by atomic mass is 10.0. The van der Waals surface area contributed by atoms with E-state index in [2.05, 4.69) is 12.2 Å². The van der Waals surface area contributed by atoms with Crippen LogP contribution in [0.3, 0.4) is 0 Å². The standard InChI is InChI=1S/C12H15Cl2NO/c1-8-4-11(2-3-16-8)15-12-6-9(13)5-10(14)7-12/h5-8,11,15H,2-4H2,1H3. The van der Waals surface area contributed by atoms with Crippen molar-refractivity contribution in [2.75, 3.05) is 11.9 Å². The van der Waals surface area contributed by atoms with E-state index in [4.69, 9.17) is 27.9 Å². The topological polar surface area (TPSA) is 21.3 Å². The number of hydrogen-bond acceptors (Lipinski definition) is 2. The van der Waals surface area contributed by atoms with Crippen molar-refractivity contribution >= 4 is 28.9 Å². The quantitative estimate of drug-likeness (QED) is 0.868. The van der Waals surface area contributed by atoms with Crippen molar-refractivity contribution < 1.29 is 4.74 Å². The Kier molecular flexibility index (Phi) is 3.95. The zero-order valence-corrected chi connectivity index (χ0v) is 10.7. The minimum Gasteiger partial charge on any atom is -0.382 e. The monoisotopic (exact) mass is 259 g/mol. The lowest BCUT2D eigenvalue weighted by molar-refractivity contribution is 0.0232. The fourth-order valence-corrected chi connectivity index (χ4v) is 2.53. The molecule has 1 fully saturated rings. The zero-order chi connectivity index (χ0) is 11.5. The number of anilines is 1. The molecule has 2 unspecified atom stereocenters. The Bertz CT molecular complexity index is 350. The first-order valence-corrected chi connectivity index (χ1v) is 6.23. The number of benzene rings is 1. The van der Waals surface area contributed by atoms with E-state index in [1.165, 1.54) is 0 Å². The summed E-state index contributed by atoms with van der Waals surface area (Å²) >= 11 is 11.9. The molecule has 2 nitrogen and oxygen atoms in total. The molecule has 2 rings (SSSR count). The molecular weight excluding hydrogens is 245 g/mol. The zero-order valence-electron chi connectivity index (χ0n) is 9.17. The van der Waals surface area contributed by atoms with Crippen LogP contribution in [0.4, 0.5) is 5.69 Å². The largest absolute Gasteiger partial charge is 0.382 e. The molecule has 1 aromatic carbocycles. The van der Waals surface area contributed by atoms with Gasteiger partial charge in [0.05, 0.1) is 6.10 Å². The summed E-state index contributed by atoms with van der Waals surface area (Å²) in [4.78, 5) is 0. The molecule has 1 saturated heterocycles. The molecule has 4 heteroatoms. The molecule has 0 amide bonds. The molecule has 0 saturated carbocycles. The van der Waals surface area contributed by atoms with Crippen molar-refractivity contribution in [3.63, 3.8) is 0 Å². The van der Waals surface area contributed by atoms with Gasteiger partial charge in [-0.2, -0.15) is 0 Å². The van der Waals surface area contributed by atoms with Gasteiger partial charge in [-0.1, -0.05) is 23.2 Å². The molecule has 0 spiro atoms. The van der Waals surface area contributed by atoms with E-state index in [0.717, 1.165) is 25.1 Å².